The second-order valence-electron chi connectivity index (χ2n) is 4.85. The number of benzene rings is 2. The van der Waals surface area contributed by atoms with Crippen LogP contribution in [0.2, 0.25) is 0 Å². The van der Waals surface area contributed by atoms with Gasteiger partial charge in [0.15, 0.2) is 0 Å². The molecule has 0 radical (unpaired) electrons. The predicted octanol–water partition coefficient (Wildman–Crippen LogP) is 3.70. The smallest absolute Gasteiger partial charge is 0.141 e. The lowest BCUT2D eigenvalue weighted by Crippen LogP contribution is -1.96. The minimum atomic E-state index is 0.223. The molecule has 0 fully saturated rings. The highest BCUT2D eigenvalue weighted by Crippen LogP contribution is 2.26. The van der Waals surface area contributed by atoms with Gasteiger partial charge in [0.05, 0.1) is 5.52 Å². The molecule has 0 saturated heterocycles. The molecule has 4 nitrogen and oxygen atoms in total. The molecule has 0 atom stereocenters. The van der Waals surface area contributed by atoms with Crippen molar-refractivity contribution < 1.29 is 5.11 Å². The first-order valence-electron chi connectivity index (χ1n) is 6.41. The van der Waals surface area contributed by atoms with Gasteiger partial charge in [-0.1, -0.05) is 6.07 Å². The SMILES string of the molecule is Cc1cc2ncnc(Nc3cccc(O)c3)c2cc1C. The molecule has 3 aromatic rings. The second kappa shape index (κ2) is 4.81. The van der Waals surface area contributed by atoms with E-state index in [-0.39, 0.29) is 5.75 Å². The Bertz CT molecular complexity index is 784. The summed E-state index contributed by atoms with van der Waals surface area (Å²) in [6.45, 7) is 4.14. The summed E-state index contributed by atoms with van der Waals surface area (Å²) < 4.78 is 0. The van der Waals surface area contributed by atoms with Crippen LogP contribution < -0.4 is 5.32 Å². The van der Waals surface area contributed by atoms with Gasteiger partial charge in [-0.25, -0.2) is 9.97 Å². The fourth-order valence-electron chi connectivity index (χ4n) is 2.14. The zero-order valence-corrected chi connectivity index (χ0v) is 11.4. The molecule has 0 bridgehead atoms. The average molecular weight is 265 g/mol. The predicted molar refractivity (Wildman–Crippen MR) is 80.4 cm³/mol. The Morgan fingerprint density at radius 1 is 1.00 bits per heavy atom. The molecule has 0 aliphatic carbocycles. The lowest BCUT2D eigenvalue weighted by molar-refractivity contribution is 0.475. The van der Waals surface area contributed by atoms with E-state index in [0.29, 0.717) is 0 Å². The summed E-state index contributed by atoms with van der Waals surface area (Å²) in [7, 11) is 0. The van der Waals surface area contributed by atoms with E-state index in [1.165, 1.54) is 11.1 Å². The maximum absolute atomic E-state index is 9.51. The highest BCUT2D eigenvalue weighted by molar-refractivity contribution is 5.91. The third-order valence-electron chi connectivity index (χ3n) is 3.36. The molecule has 0 unspecified atom stereocenters. The number of aromatic hydroxyl groups is 1. The van der Waals surface area contributed by atoms with Crippen LogP contribution in [0.3, 0.4) is 0 Å². The third kappa shape index (κ3) is 2.28. The van der Waals surface area contributed by atoms with Crippen molar-refractivity contribution in [2.24, 2.45) is 0 Å². The number of aromatic nitrogens is 2. The van der Waals surface area contributed by atoms with Crippen molar-refractivity contribution in [2.75, 3.05) is 5.32 Å². The summed E-state index contributed by atoms with van der Waals surface area (Å²) in [4.78, 5) is 8.60. The summed E-state index contributed by atoms with van der Waals surface area (Å²) in [5, 5.41) is 13.7. The fraction of sp³-hybridized carbons (Fsp3) is 0.125. The lowest BCUT2D eigenvalue weighted by Gasteiger charge is -2.10. The van der Waals surface area contributed by atoms with Gasteiger partial charge in [0, 0.05) is 17.1 Å². The molecule has 20 heavy (non-hydrogen) atoms. The van der Waals surface area contributed by atoms with E-state index in [2.05, 4.69) is 41.3 Å². The number of nitrogens with one attached hydrogen (secondary N) is 1. The Labute approximate surface area is 117 Å². The zero-order chi connectivity index (χ0) is 14.1. The van der Waals surface area contributed by atoms with Gasteiger partial charge in [-0.3, -0.25) is 0 Å². The molecular weight excluding hydrogens is 250 g/mol. The van der Waals surface area contributed by atoms with Gasteiger partial charge >= 0.3 is 0 Å². The molecule has 2 aromatic carbocycles. The van der Waals surface area contributed by atoms with E-state index in [0.717, 1.165) is 22.4 Å². The Morgan fingerprint density at radius 3 is 2.60 bits per heavy atom. The normalized spacial score (nSPS) is 10.7. The maximum atomic E-state index is 9.51. The Morgan fingerprint density at radius 2 is 1.80 bits per heavy atom. The standard InChI is InChI=1S/C16H15N3O/c1-10-6-14-15(7-11(10)2)17-9-18-16(14)19-12-4-3-5-13(20)8-12/h3-9,20H,1-2H3,(H,17,18,19). The molecule has 2 N–H and O–H groups in total. The van der Waals surface area contributed by atoms with Gasteiger partial charge in [-0.15, -0.1) is 0 Å². The highest BCUT2D eigenvalue weighted by atomic mass is 16.3. The number of anilines is 2. The van der Waals surface area contributed by atoms with Gasteiger partial charge in [-0.05, 0) is 49.2 Å². The number of rotatable bonds is 2. The van der Waals surface area contributed by atoms with Crippen molar-refractivity contribution in [1.82, 2.24) is 9.97 Å². The molecule has 3 rings (SSSR count). The third-order valence-corrected chi connectivity index (χ3v) is 3.36. The minimum absolute atomic E-state index is 0.223. The van der Waals surface area contributed by atoms with E-state index in [4.69, 9.17) is 0 Å². The Hall–Kier alpha value is -2.62. The largest absolute Gasteiger partial charge is 0.508 e. The molecular formula is C16H15N3O. The number of aryl methyl sites for hydroxylation is 2. The van der Waals surface area contributed by atoms with E-state index >= 15 is 0 Å². The zero-order valence-electron chi connectivity index (χ0n) is 11.4. The van der Waals surface area contributed by atoms with Crippen LogP contribution in [-0.4, -0.2) is 15.1 Å². The van der Waals surface area contributed by atoms with Crippen LogP contribution in [0.25, 0.3) is 10.9 Å². The Balaban J connectivity index is 2.09. The number of hydrogen-bond donors (Lipinski definition) is 2. The minimum Gasteiger partial charge on any atom is -0.508 e. The van der Waals surface area contributed by atoms with Gasteiger partial charge in [0.25, 0.3) is 0 Å². The molecule has 1 aromatic heterocycles. The summed E-state index contributed by atoms with van der Waals surface area (Å²) in [5.74, 6) is 0.962. The van der Waals surface area contributed by atoms with E-state index in [9.17, 15) is 5.11 Å². The number of nitrogens with zero attached hydrogens (tertiary/aromatic N) is 2. The summed E-state index contributed by atoms with van der Waals surface area (Å²) in [5.41, 5.74) is 4.11. The first-order valence-corrected chi connectivity index (χ1v) is 6.41. The molecule has 0 amide bonds. The van der Waals surface area contributed by atoms with Crippen LogP contribution >= 0.6 is 0 Å². The summed E-state index contributed by atoms with van der Waals surface area (Å²) in [6, 6.07) is 11.1. The van der Waals surface area contributed by atoms with Crippen molar-refractivity contribution in [3.05, 3.63) is 53.9 Å². The van der Waals surface area contributed by atoms with Crippen molar-refractivity contribution >= 4 is 22.4 Å². The Kier molecular flexibility index (Phi) is 2.99. The van der Waals surface area contributed by atoms with E-state index in [1.54, 1.807) is 24.5 Å². The molecule has 0 aliphatic heterocycles. The first-order chi connectivity index (χ1) is 9.63. The second-order valence-corrected chi connectivity index (χ2v) is 4.85. The molecule has 1 heterocycles. The molecule has 4 heteroatoms. The van der Waals surface area contributed by atoms with Crippen LogP contribution in [0.1, 0.15) is 11.1 Å². The van der Waals surface area contributed by atoms with Crippen molar-refractivity contribution in [2.45, 2.75) is 13.8 Å². The van der Waals surface area contributed by atoms with Crippen LogP contribution in [0.5, 0.6) is 5.75 Å². The molecule has 0 saturated carbocycles. The van der Waals surface area contributed by atoms with Gasteiger partial charge in [0.2, 0.25) is 0 Å². The topological polar surface area (TPSA) is 58.0 Å². The van der Waals surface area contributed by atoms with Crippen molar-refractivity contribution in [1.29, 1.82) is 0 Å². The van der Waals surface area contributed by atoms with Crippen LogP contribution in [0, 0.1) is 13.8 Å². The van der Waals surface area contributed by atoms with Crippen LogP contribution in [0.15, 0.2) is 42.7 Å². The van der Waals surface area contributed by atoms with E-state index < -0.39 is 0 Å². The van der Waals surface area contributed by atoms with Gasteiger partial charge < -0.3 is 10.4 Å². The average Bonchev–Trinajstić information content (AvgIpc) is 2.41. The van der Waals surface area contributed by atoms with Gasteiger partial charge in [-0.2, -0.15) is 0 Å². The van der Waals surface area contributed by atoms with Crippen molar-refractivity contribution in [3.63, 3.8) is 0 Å². The summed E-state index contributed by atoms with van der Waals surface area (Å²) >= 11 is 0. The molecule has 100 valence electrons. The summed E-state index contributed by atoms with van der Waals surface area (Å²) in [6.07, 6.45) is 1.54. The number of hydrogen-bond acceptors (Lipinski definition) is 4. The number of phenols is 1. The first kappa shape index (κ1) is 12.4. The number of phenolic OH excluding ortho intramolecular Hbond substituents is 1. The number of fused-ring (bicyclic) bond motifs is 1. The monoisotopic (exact) mass is 265 g/mol. The quantitative estimate of drug-likeness (QED) is 0.741. The van der Waals surface area contributed by atoms with Crippen LogP contribution in [-0.2, 0) is 0 Å². The molecule has 0 aliphatic rings. The van der Waals surface area contributed by atoms with Crippen LogP contribution in [0.4, 0.5) is 11.5 Å². The molecule has 0 spiro atoms. The van der Waals surface area contributed by atoms with Crippen molar-refractivity contribution in [3.8, 4) is 5.75 Å². The van der Waals surface area contributed by atoms with Gasteiger partial charge in [0.1, 0.15) is 17.9 Å². The lowest BCUT2D eigenvalue weighted by atomic mass is 10.1. The van der Waals surface area contributed by atoms with E-state index in [1.807, 2.05) is 6.07 Å². The fourth-order valence-corrected chi connectivity index (χ4v) is 2.14. The highest BCUT2D eigenvalue weighted by Gasteiger charge is 2.06. The maximum Gasteiger partial charge on any atom is 0.141 e.